The number of amides is 1. The fraction of sp³-hybridized carbons (Fsp3) is 0.107. The van der Waals surface area contributed by atoms with E-state index in [4.69, 9.17) is 11.5 Å². The van der Waals surface area contributed by atoms with Gasteiger partial charge in [-0.2, -0.15) is 5.10 Å². The molecule has 5 rings (SSSR count). The van der Waals surface area contributed by atoms with Gasteiger partial charge in [-0.1, -0.05) is 60.7 Å². The van der Waals surface area contributed by atoms with Crippen LogP contribution in [0, 0.1) is 5.82 Å². The van der Waals surface area contributed by atoms with Gasteiger partial charge in [-0.3, -0.25) is 9.48 Å². The van der Waals surface area contributed by atoms with Crippen molar-refractivity contribution in [3.8, 4) is 0 Å². The Bertz CT molecular complexity index is 1550. The highest BCUT2D eigenvalue weighted by Gasteiger charge is 2.25. The van der Waals surface area contributed by atoms with Gasteiger partial charge in [-0.05, 0) is 35.4 Å². The average molecular weight is 496 g/mol. The molecule has 5 aromatic rings. The van der Waals surface area contributed by atoms with Gasteiger partial charge in [0.1, 0.15) is 5.82 Å². The van der Waals surface area contributed by atoms with E-state index in [0.717, 1.165) is 28.1 Å². The van der Waals surface area contributed by atoms with Crippen LogP contribution in [-0.4, -0.2) is 20.7 Å². The minimum Gasteiger partial charge on any atom is -0.365 e. The third-order valence-electron chi connectivity index (χ3n) is 6.24. The first-order valence-electron chi connectivity index (χ1n) is 11.7. The molecule has 9 heteroatoms. The molecule has 2 aromatic heterocycles. The van der Waals surface area contributed by atoms with Gasteiger partial charge in [-0.15, -0.1) is 0 Å². The number of benzene rings is 3. The summed E-state index contributed by atoms with van der Waals surface area (Å²) in [5.74, 6) is -1.46. The molecule has 0 bridgehead atoms. The van der Waals surface area contributed by atoms with Crippen LogP contribution in [0.2, 0.25) is 0 Å². The molecule has 0 spiro atoms. The summed E-state index contributed by atoms with van der Waals surface area (Å²) in [5, 5.41) is 11.4. The van der Waals surface area contributed by atoms with E-state index < -0.39 is 23.8 Å². The summed E-state index contributed by atoms with van der Waals surface area (Å²) in [7, 11) is 1.85. The van der Waals surface area contributed by atoms with Gasteiger partial charge in [0.2, 0.25) is 0 Å². The number of nitrogens with two attached hydrogens (primary N) is 2. The smallest absolute Gasteiger partial charge is 0.252 e. The molecule has 1 amide bonds. The van der Waals surface area contributed by atoms with E-state index in [-0.39, 0.29) is 17.2 Å². The number of hydrogen-bond donors (Lipinski definition) is 4. The molecule has 0 saturated heterocycles. The van der Waals surface area contributed by atoms with Crippen molar-refractivity contribution in [2.75, 3.05) is 10.6 Å². The molecule has 2 atom stereocenters. The Balaban J connectivity index is 1.53. The lowest BCUT2D eigenvalue weighted by Crippen LogP contribution is -2.27. The van der Waals surface area contributed by atoms with Crippen LogP contribution >= 0.6 is 0 Å². The second-order valence-electron chi connectivity index (χ2n) is 8.72. The van der Waals surface area contributed by atoms with Crippen LogP contribution in [-0.2, 0) is 7.05 Å². The van der Waals surface area contributed by atoms with Gasteiger partial charge in [0.15, 0.2) is 11.6 Å². The number of anilines is 3. The molecule has 186 valence electrons. The quantitative estimate of drug-likeness (QED) is 0.245. The maximum Gasteiger partial charge on any atom is 0.252 e. The standard InChI is InChI=1S/C28H26FN7O/c1-36-23-13-12-20(14-19(23)16-32-36)33-27-21(26(31)37)15-22(29)28(35-27)34-25(18-10-6-3-7-11-18)24(30)17-8-4-2-5-9-17/h2-16,24-25H,30H2,1H3,(H2,31,37)(H2,33,34,35)/t24-,25-/m1/s1. The largest absolute Gasteiger partial charge is 0.365 e. The molecule has 0 fully saturated rings. The Hall–Kier alpha value is -4.76. The summed E-state index contributed by atoms with van der Waals surface area (Å²) in [6.45, 7) is 0. The highest BCUT2D eigenvalue weighted by molar-refractivity contribution is 5.99. The Morgan fingerprint density at radius 3 is 2.30 bits per heavy atom. The zero-order chi connectivity index (χ0) is 25.9. The van der Waals surface area contributed by atoms with E-state index in [0.29, 0.717) is 5.69 Å². The van der Waals surface area contributed by atoms with E-state index in [1.807, 2.05) is 85.9 Å². The number of rotatable bonds is 8. The number of aromatic nitrogens is 3. The average Bonchev–Trinajstić information content (AvgIpc) is 3.29. The van der Waals surface area contributed by atoms with Crippen molar-refractivity contribution in [3.63, 3.8) is 0 Å². The fourth-order valence-electron chi connectivity index (χ4n) is 4.31. The summed E-state index contributed by atoms with van der Waals surface area (Å²) in [6, 6.07) is 24.7. The zero-order valence-corrected chi connectivity index (χ0v) is 20.1. The van der Waals surface area contributed by atoms with Gasteiger partial charge in [0.25, 0.3) is 5.91 Å². The summed E-state index contributed by atoms with van der Waals surface area (Å²) in [6.07, 6.45) is 1.73. The number of nitrogens with zero attached hydrogens (tertiary/aromatic N) is 3. The first-order chi connectivity index (χ1) is 17.9. The summed E-state index contributed by atoms with van der Waals surface area (Å²) >= 11 is 0. The van der Waals surface area contributed by atoms with E-state index in [1.165, 1.54) is 0 Å². The summed E-state index contributed by atoms with van der Waals surface area (Å²) in [4.78, 5) is 16.6. The molecule has 0 radical (unpaired) electrons. The summed E-state index contributed by atoms with van der Waals surface area (Å²) in [5.41, 5.74) is 15.5. The number of fused-ring (bicyclic) bond motifs is 1. The lowest BCUT2D eigenvalue weighted by atomic mass is 9.94. The number of halogens is 1. The number of aryl methyl sites for hydroxylation is 1. The Kier molecular flexibility index (Phi) is 6.53. The van der Waals surface area contributed by atoms with Crippen LogP contribution in [0.25, 0.3) is 10.9 Å². The van der Waals surface area contributed by atoms with Crippen molar-refractivity contribution in [1.29, 1.82) is 0 Å². The Labute approximate surface area is 213 Å². The molecule has 8 nitrogen and oxygen atoms in total. The summed E-state index contributed by atoms with van der Waals surface area (Å²) < 4.78 is 17.0. The van der Waals surface area contributed by atoms with Gasteiger partial charge in [0, 0.05) is 18.1 Å². The van der Waals surface area contributed by atoms with Gasteiger partial charge in [-0.25, -0.2) is 9.37 Å². The maximum absolute atomic E-state index is 15.3. The van der Waals surface area contributed by atoms with Crippen LogP contribution in [0.4, 0.5) is 21.7 Å². The zero-order valence-electron chi connectivity index (χ0n) is 20.1. The van der Waals surface area contributed by atoms with Crippen molar-refractivity contribution < 1.29 is 9.18 Å². The number of pyridine rings is 1. The number of nitrogens with one attached hydrogen (secondary N) is 2. The number of carbonyl (C=O) groups excluding carboxylic acids is 1. The van der Waals surface area contributed by atoms with E-state index in [2.05, 4.69) is 20.7 Å². The Morgan fingerprint density at radius 1 is 0.946 bits per heavy atom. The van der Waals surface area contributed by atoms with Crippen molar-refractivity contribution in [2.24, 2.45) is 18.5 Å². The molecular weight excluding hydrogens is 469 g/mol. The number of primary amides is 1. The molecule has 0 saturated carbocycles. The molecule has 0 aliphatic heterocycles. The molecule has 6 N–H and O–H groups in total. The fourth-order valence-corrected chi connectivity index (χ4v) is 4.31. The van der Waals surface area contributed by atoms with Crippen molar-refractivity contribution in [2.45, 2.75) is 12.1 Å². The van der Waals surface area contributed by atoms with E-state index >= 15 is 4.39 Å². The minimum atomic E-state index is -0.802. The highest BCUT2D eigenvalue weighted by atomic mass is 19.1. The molecular formula is C28H26FN7O. The number of carbonyl (C=O) groups is 1. The predicted molar refractivity (Wildman–Crippen MR) is 143 cm³/mol. The van der Waals surface area contributed by atoms with E-state index in [9.17, 15) is 4.79 Å². The Morgan fingerprint density at radius 2 is 1.62 bits per heavy atom. The predicted octanol–water partition coefficient (Wildman–Crippen LogP) is 4.80. The lowest BCUT2D eigenvalue weighted by molar-refractivity contribution is 0.100. The molecule has 3 aromatic carbocycles. The van der Waals surface area contributed by atoms with Gasteiger partial charge in [0.05, 0.1) is 29.4 Å². The van der Waals surface area contributed by atoms with Crippen molar-refractivity contribution >= 4 is 34.1 Å². The topological polar surface area (TPSA) is 124 Å². The SMILES string of the molecule is Cn1ncc2cc(Nc3nc(N[C@H](c4ccccc4)[C@H](N)c4ccccc4)c(F)cc3C(N)=O)ccc21. The molecule has 0 aliphatic rings. The van der Waals surface area contributed by atoms with Gasteiger partial charge >= 0.3 is 0 Å². The second kappa shape index (κ2) is 10.1. The van der Waals surface area contributed by atoms with Crippen LogP contribution in [0.5, 0.6) is 0 Å². The highest BCUT2D eigenvalue weighted by Crippen LogP contribution is 2.33. The van der Waals surface area contributed by atoms with Gasteiger partial charge < -0.3 is 22.1 Å². The lowest BCUT2D eigenvalue weighted by Gasteiger charge is -2.27. The first kappa shape index (κ1) is 24.0. The van der Waals surface area contributed by atoms with Crippen LogP contribution < -0.4 is 22.1 Å². The molecule has 2 heterocycles. The van der Waals surface area contributed by atoms with E-state index in [1.54, 1.807) is 10.9 Å². The molecule has 37 heavy (non-hydrogen) atoms. The van der Waals surface area contributed by atoms with Crippen LogP contribution in [0.3, 0.4) is 0 Å². The second-order valence-corrected chi connectivity index (χ2v) is 8.72. The van der Waals surface area contributed by atoms with Crippen LogP contribution in [0.1, 0.15) is 33.6 Å². The third kappa shape index (κ3) is 4.98. The van der Waals surface area contributed by atoms with Crippen molar-refractivity contribution in [3.05, 3.63) is 114 Å². The van der Waals surface area contributed by atoms with Crippen molar-refractivity contribution in [1.82, 2.24) is 14.8 Å². The molecule has 0 aliphatic carbocycles. The maximum atomic E-state index is 15.3. The third-order valence-corrected chi connectivity index (χ3v) is 6.24. The number of hydrogen-bond acceptors (Lipinski definition) is 6. The minimum absolute atomic E-state index is 0.0600. The first-order valence-corrected chi connectivity index (χ1v) is 11.7. The molecule has 0 unspecified atom stereocenters. The van der Waals surface area contributed by atoms with Crippen LogP contribution in [0.15, 0.2) is 91.1 Å². The normalized spacial score (nSPS) is 12.7. The monoisotopic (exact) mass is 495 g/mol.